The molecule has 0 unspecified atom stereocenters. The van der Waals surface area contributed by atoms with Crippen molar-refractivity contribution in [2.75, 3.05) is 50.0 Å². The van der Waals surface area contributed by atoms with E-state index in [1.165, 1.54) is 37.7 Å². The third-order valence-electron chi connectivity index (χ3n) is 4.80. The van der Waals surface area contributed by atoms with Gasteiger partial charge in [-0.15, -0.1) is 11.3 Å². The highest BCUT2D eigenvalue weighted by Crippen LogP contribution is 2.39. The number of thiophene rings is 1. The summed E-state index contributed by atoms with van der Waals surface area (Å²) in [5.74, 6) is 1.45. The van der Waals surface area contributed by atoms with Crippen molar-refractivity contribution in [1.29, 1.82) is 0 Å². The van der Waals surface area contributed by atoms with Crippen LogP contribution in [0.2, 0.25) is 5.02 Å². The highest BCUT2D eigenvalue weighted by atomic mass is 35.5. The third-order valence-corrected chi connectivity index (χ3v) is 8.04. The van der Waals surface area contributed by atoms with Crippen molar-refractivity contribution >= 4 is 54.6 Å². The molecule has 11 heteroatoms. The van der Waals surface area contributed by atoms with Crippen LogP contribution in [0.4, 0.5) is 11.5 Å². The van der Waals surface area contributed by atoms with Crippen LogP contribution in [0.3, 0.4) is 0 Å². The van der Waals surface area contributed by atoms with Crippen LogP contribution >= 0.6 is 22.9 Å². The summed E-state index contributed by atoms with van der Waals surface area (Å²) < 4.78 is 40.4. The van der Waals surface area contributed by atoms with Gasteiger partial charge in [0.05, 0.1) is 24.9 Å². The maximum atomic E-state index is 13.1. The number of aromatic nitrogens is 1. The Labute approximate surface area is 183 Å². The summed E-state index contributed by atoms with van der Waals surface area (Å²) in [7, 11) is -0.956. The zero-order valence-corrected chi connectivity index (χ0v) is 18.8. The van der Waals surface area contributed by atoms with Crippen molar-refractivity contribution in [1.82, 2.24) is 10.3 Å². The standard InChI is InChI=1S/C19H21ClN4O4S2/c1-27-15-11-14(16(28-2)10-13(15)20)23-30(25,26)18-9-12-17(29-18)3-4-22-19(12)24-7-5-21-6-8-24/h3-4,9-11,21,23H,5-8H2,1-2H3. The number of fused-ring (bicyclic) bond motifs is 1. The number of anilines is 2. The Morgan fingerprint density at radius 1 is 1.17 bits per heavy atom. The molecule has 0 radical (unpaired) electrons. The molecule has 0 aliphatic carbocycles. The first-order chi connectivity index (χ1) is 14.4. The molecule has 1 fully saturated rings. The van der Waals surface area contributed by atoms with E-state index < -0.39 is 10.0 Å². The molecule has 2 aromatic heterocycles. The van der Waals surface area contributed by atoms with E-state index in [1.54, 1.807) is 12.3 Å². The van der Waals surface area contributed by atoms with Gasteiger partial charge in [0, 0.05) is 54.6 Å². The summed E-state index contributed by atoms with van der Waals surface area (Å²) >= 11 is 7.31. The number of nitrogens with one attached hydrogen (secondary N) is 2. The number of rotatable bonds is 6. The van der Waals surface area contributed by atoms with E-state index in [0.29, 0.717) is 16.5 Å². The zero-order valence-electron chi connectivity index (χ0n) is 16.4. The maximum absolute atomic E-state index is 13.1. The van der Waals surface area contributed by atoms with Crippen LogP contribution < -0.4 is 24.4 Å². The third kappa shape index (κ3) is 4.00. The van der Waals surface area contributed by atoms with Gasteiger partial charge in [0.1, 0.15) is 21.5 Å². The van der Waals surface area contributed by atoms with Gasteiger partial charge in [-0.1, -0.05) is 11.6 Å². The second-order valence-corrected chi connectivity index (χ2v) is 10.0. The van der Waals surface area contributed by atoms with Crippen molar-refractivity contribution in [3.8, 4) is 11.5 Å². The summed E-state index contributed by atoms with van der Waals surface area (Å²) in [6, 6.07) is 6.51. The van der Waals surface area contributed by atoms with Crippen LogP contribution in [0, 0.1) is 0 Å². The van der Waals surface area contributed by atoms with Crippen molar-refractivity contribution in [3.05, 3.63) is 35.5 Å². The first-order valence-corrected chi connectivity index (χ1v) is 11.9. The molecule has 0 bridgehead atoms. The second kappa shape index (κ2) is 8.46. The summed E-state index contributed by atoms with van der Waals surface area (Å²) in [5.41, 5.74) is 0.247. The Bertz CT molecular complexity index is 1180. The van der Waals surface area contributed by atoms with E-state index in [9.17, 15) is 8.42 Å². The normalized spacial score (nSPS) is 14.7. The molecule has 3 aromatic rings. The first-order valence-electron chi connectivity index (χ1n) is 9.21. The maximum Gasteiger partial charge on any atom is 0.271 e. The molecular formula is C19H21ClN4O4S2. The monoisotopic (exact) mass is 468 g/mol. The average Bonchev–Trinajstić information content (AvgIpc) is 3.20. The number of ether oxygens (including phenoxy) is 2. The molecule has 0 atom stereocenters. The molecule has 0 saturated carbocycles. The molecule has 0 spiro atoms. The van der Waals surface area contributed by atoms with Gasteiger partial charge in [-0.25, -0.2) is 13.4 Å². The Kier molecular flexibility index (Phi) is 5.92. The van der Waals surface area contributed by atoms with Gasteiger partial charge in [0.15, 0.2) is 0 Å². The molecule has 1 aliphatic rings. The fourth-order valence-electron chi connectivity index (χ4n) is 3.32. The van der Waals surface area contributed by atoms with Crippen LogP contribution in [0.5, 0.6) is 11.5 Å². The van der Waals surface area contributed by atoms with E-state index in [4.69, 9.17) is 21.1 Å². The minimum absolute atomic E-state index is 0.192. The first kappa shape index (κ1) is 21.0. The van der Waals surface area contributed by atoms with Gasteiger partial charge in [0.2, 0.25) is 0 Å². The lowest BCUT2D eigenvalue weighted by molar-refractivity contribution is 0.405. The minimum atomic E-state index is -3.86. The zero-order chi connectivity index (χ0) is 21.3. The van der Waals surface area contributed by atoms with E-state index in [1.807, 2.05) is 6.07 Å². The molecule has 1 saturated heterocycles. The highest BCUT2D eigenvalue weighted by molar-refractivity contribution is 7.94. The molecular weight excluding hydrogens is 448 g/mol. The summed E-state index contributed by atoms with van der Waals surface area (Å²) in [6.07, 6.45) is 1.72. The predicted molar refractivity (Wildman–Crippen MR) is 120 cm³/mol. The van der Waals surface area contributed by atoms with E-state index in [-0.39, 0.29) is 9.90 Å². The molecule has 1 aromatic carbocycles. The number of benzene rings is 1. The average molecular weight is 469 g/mol. The van der Waals surface area contributed by atoms with E-state index in [0.717, 1.165) is 42.1 Å². The molecule has 2 N–H and O–H groups in total. The summed E-state index contributed by atoms with van der Waals surface area (Å²) in [4.78, 5) is 6.68. The largest absolute Gasteiger partial charge is 0.495 e. The molecule has 30 heavy (non-hydrogen) atoms. The van der Waals surface area contributed by atoms with Crippen LogP contribution in [-0.2, 0) is 10.0 Å². The lowest BCUT2D eigenvalue weighted by Crippen LogP contribution is -2.43. The van der Waals surface area contributed by atoms with Gasteiger partial charge in [-0.3, -0.25) is 4.72 Å². The SMILES string of the molecule is COc1cc(NS(=O)(=O)c2cc3c(N4CCNCC4)nccc3s2)c(OC)cc1Cl. The lowest BCUT2D eigenvalue weighted by Gasteiger charge is -2.28. The Balaban J connectivity index is 1.71. The highest BCUT2D eigenvalue weighted by Gasteiger charge is 2.23. The van der Waals surface area contributed by atoms with Crippen LogP contribution in [0.1, 0.15) is 0 Å². The molecule has 4 rings (SSSR count). The second-order valence-electron chi connectivity index (χ2n) is 6.64. The number of methoxy groups -OCH3 is 2. The molecule has 8 nitrogen and oxygen atoms in total. The Morgan fingerprint density at radius 3 is 2.60 bits per heavy atom. The number of halogens is 1. The number of piperazine rings is 1. The van der Waals surface area contributed by atoms with Gasteiger partial charge in [-0.05, 0) is 12.1 Å². The van der Waals surface area contributed by atoms with Crippen LogP contribution in [0.25, 0.3) is 10.1 Å². The van der Waals surface area contributed by atoms with Crippen molar-refractivity contribution in [3.63, 3.8) is 0 Å². The topological polar surface area (TPSA) is 92.8 Å². The van der Waals surface area contributed by atoms with Gasteiger partial charge >= 0.3 is 0 Å². The van der Waals surface area contributed by atoms with Gasteiger partial charge in [-0.2, -0.15) is 0 Å². The van der Waals surface area contributed by atoms with Gasteiger partial charge < -0.3 is 19.7 Å². The number of nitrogens with zero attached hydrogens (tertiary/aromatic N) is 2. The molecule has 3 heterocycles. The van der Waals surface area contributed by atoms with Crippen molar-refractivity contribution < 1.29 is 17.9 Å². The molecule has 160 valence electrons. The van der Waals surface area contributed by atoms with E-state index >= 15 is 0 Å². The molecule has 1 aliphatic heterocycles. The Hall–Kier alpha value is -2.27. The molecule has 0 amide bonds. The number of pyridine rings is 1. The van der Waals surface area contributed by atoms with E-state index in [2.05, 4.69) is 19.9 Å². The Morgan fingerprint density at radius 2 is 1.90 bits per heavy atom. The minimum Gasteiger partial charge on any atom is -0.495 e. The summed E-state index contributed by atoms with van der Waals surface area (Å²) in [5, 5.41) is 4.46. The smallest absolute Gasteiger partial charge is 0.271 e. The number of sulfonamides is 1. The lowest BCUT2D eigenvalue weighted by atomic mass is 10.2. The van der Waals surface area contributed by atoms with Crippen molar-refractivity contribution in [2.45, 2.75) is 4.21 Å². The van der Waals surface area contributed by atoms with Crippen LogP contribution in [0.15, 0.2) is 34.7 Å². The predicted octanol–water partition coefficient (Wildman–Crippen LogP) is 3.18. The van der Waals surface area contributed by atoms with Crippen LogP contribution in [-0.4, -0.2) is 53.8 Å². The summed E-state index contributed by atoms with van der Waals surface area (Å²) in [6.45, 7) is 3.38. The fourth-order valence-corrected chi connectivity index (χ4v) is 5.99. The fraction of sp³-hybridized carbons (Fsp3) is 0.316. The number of hydrogen-bond donors (Lipinski definition) is 2. The quantitative estimate of drug-likeness (QED) is 0.574. The van der Waals surface area contributed by atoms with Gasteiger partial charge in [0.25, 0.3) is 10.0 Å². The number of hydrogen-bond acceptors (Lipinski definition) is 8. The van der Waals surface area contributed by atoms with Crippen molar-refractivity contribution in [2.24, 2.45) is 0 Å².